The van der Waals surface area contributed by atoms with Crippen molar-refractivity contribution in [2.75, 3.05) is 21.0 Å². The van der Waals surface area contributed by atoms with E-state index in [9.17, 15) is 4.79 Å². The van der Waals surface area contributed by atoms with Crippen LogP contribution in [0.5, 0.6) is 23.0 Å². The summed E-state index contributed by atoms with van der Waals surface area (Å²) in [5, 5.41) is 0. The molecule has 0 aromatic heterocycles. The summed E-state index contributed by atoms with van der Waals surface area (Å²) in [6.07, 6.45) is 0.666. The van der Waals surface area contributed by atoms with Gasteiger partial charge in [-0.3, -0.25) is 4.79 Å². The largest absolute Gasteiger partial charge is 0.496 e. The van der Waals surface area contributed by atoms with Gasteiger partial charge in [-0.05, 0) is 0 Å². The molecule has 15 heavy (non-hydrogen) atoms. The van der Waals surface area contributed by atoms with Gasteiger partial charge in [0.25, 0.3) is 0 Å². The van der Waals surface area contributed by atoms with Crippen molar-refractivity contribution < 1.29 is 23.7 Å². The van der Waals surface area contributed by atoms with Crippen LogP contribution in [0.1, 0.15) is 10.4 Å². The molecule has 0 fully saturated rings. The summed E-state index contributed by atoms with van der Waals surface area (Å²) >= 11 is 0. The first kappa shape index (κ1) is 9.64. The molecule has 5 heteroatoms. The second-order valence-corrected chi connectivity index (χ2v) is 2.88. The van der Waals surface area contributed by atoms with Crippen molar-refractivity contribution in [1.29, 1.82) is 0 Å². The lowest BCUT2D eigenvalue weighted by atomic mass is 10.1. The number of ether oxygens (including phenoxy) is 4. The molecule has 0 radical (unpaired) electrons. The molecule has 0 aliphatic carbocycles. The zero-order valence-corrected chi connectivity index (χ0v) is 8.40. The van der Waals surface area contributed by atoms with E-state index >= 15 is 0 Å². The normalized spacial score (nSPS) is 12.4. The summed E-state index contributed by atoms with van der Waals surface area (Å²) in [5.74, 6) is 1.72. The summed E-state index contributed by atoms with van der Waals surface area (Å²) in [5.41, 5.74) is 0.323. The van der Waals surface area contributed by atoms with Crippen molar-refractivity contribution in [2.45, 2.75) is 0 Å². The van der Waals surface area contributed by atoms with Gasteiger partial charge in [-0.2, -0.15) is 0 Å². The third-order valence-electron chi connectivity index (χ3n) is 2.16. The summed E-state index contributed by atoms with van der Waals surface area (Å²) in [7, 11) is 2.94. The van der Waals surface area contributed by atoms with Gasteiger partial charge < -0.3 is 18.9 Å². The van der Waals surface area contributed by atoms with Crippen LogP contribution < -0.4 is 18.9 Å². The first-order valence-corrected chi connectivity index (χ1v) is 4.31. The van der Waals surface area contributed by atoms with Crippen LogP contribution in [0.15, 0.2) is 6.07 Å². The monoisotopic (exact) mass is 210 g/mol. The summed E-state index contributed by atoms with van der Waals surface area (Å²) < 4.78 is 20.5. The maximum atomic E-state index is 10.9. The topological polar surface area (TPSA) is 54.0 Å². The molecule has 1 aromatic rings. The van der Waals surface area contributed by atoms with Crippen molar-refractivity contribution in [3.05, 3.63) is 11.6 Å². The fourth-order valence-electron chi connectivity index (χ4n) is 1.49. The van der Waals surface area contributed by atoms with Gasteiger partial charge in [-0.15, -0.1) is 0 Å². The highest BCUT2D eigenvalue weighted by atomic mass is 16.7. The molecule has 1 heterocycles. The minimum absolute atomic E-state index is 0.122. The van der Waals surface area contributed by atoms with Crippen molar-refractivity contribution in [3.8, 4) is 23.0 Å². The van der Waals surface area contributed by atoms with E-state index in [2.05, 4.69) is 0 Å². The number of hydrogen-bond donors (Lipinski definition) is 0. The Bertz CT molecular complexity index is 399. The van der Waals surface area contributed by atoms with Crippen LogP contribution in [0, 0.1) is 0 Å². The van der Waals surface area contributed by atoms with Crippen LogP contribution in [-0.4, -0.2) is 27.3 Å². The third-order valence-corrected chi connectivity index (χ3v) is 2.16. The number of hydrogen-bond acceptors (Lipinski definition) is 5. The fourth-order valence-corrected chi connectivity index (χ4v) is 1.49. The van der Waals surface area contributed by atoms with Crippen LogP contribution in [-0.2, 0) is 0 Å². The van der Waals surface area contributed by atoms with Crippen LogP contribution in [0.25, 0.3) is 0 Å². The zero-order chi connectivity index (χ0) is 10.8. The van der Waals surface area contributed by atoms with E-state index in [-0.39, 0.29) is 6.79 Å². The molecule has 0 N–H and O–H groups in total. The molecule has 0 amide bonds. The Balaban J connectivity index is 2.66. The predicted molar refractivity (Wildman–Crippen MR) is 51.1 cm³/mol. The zero-order valence-electron chi connectivity index (χ0n) is 8.40. The fraction of sp³-hybridized carbons (Fsp3) is 0.300. The Morgan fingerprint density at radius 3 is 2.73 bits per heavy atom. The lowest BCUT2D eigenvalue weighted by Crippen LogP contribution is -1.97. The lowest BCUT2D eigenvalue weighted by Gasteiger charge is -2.10. The number of rotatable bonds is 3. The van der Waals surface area contributed by atoms with Crippen LogP contribution >= 0.6 is 0 Å². The van der Waals surface area contributed by atoms with Crippen molar-refractivity contribution >= 4 is 6.29 Å². The van der Waals surface area contributed by atoms with Gasteiger partial charge in [0.15, 0.2) is 17.8 Å². The van der Waals surface area contributed by atoms with E-state index in [1.807, 2.05) is 0 Å². The minimum Gasteiger partial charge on any atom is -0.496 e. The van der Waals surface area contributed by atoms with Crippen LogP contribution in [0.3, 0.4) is 0 Å². The highest BCUT2D eigenvalue weighted by Crippen LogP contribution is 2.46. The minimum atomic E-state index is 0.122. The second kappa shape index (κ2) is 3.68. The molecule has 0 saturated carbocycles. The standard InChI is InChI=1S/C10H10O5/c1-12-7-3-8-10(15-5-14-8)9(13-2)6(7)4-11/h3-4H,5H2,1-2H3. The lowest BCUT2D eigenvalue weighted by molar-refractivity contribution is 0.111. The Hall–Kier alpha value is -1.91. The van der Waals surface area contributed by atoms with Gasteiger partial charge in [-0.25, -0.2) is 0 Å². The number of fused-ring (bicyclic) bond motifs is 1. The molecule has 80 valence electrons. The van der Waals surface area contributed by atoms with Gasteiger partial charge in [-0.1, -0.05) is 0 Å². The van der Waals surface area contributed by atoms with E-state index in [0.717, 1.165) is 0 Å². The Morgan fingerprint density at radius 1 is 1.33 bits per heavy atom. The number of aldehydes is 1. The molecule has 0 bridgehead atoms. The Morgan fingerprint density at radius 2 is 2.13 bits per heavy atom. The maximum absolute atomic E-state index is 10.9. The van der Waals surface area contributed by atoms with E-state index in [1.165, 1.54) is 14.2 Å². The average Bonchev–Trinajstić information content (AvgIpc) is 2.73. The highest BCUT2D eigenvalue weighted by molar-refractivity contribution is 5.87. The molecular formula is C10H10O5. The Kier molecular flexibility index (Phi) is 2.37. The number of benzene rings is 1. The molecule has 5 nitrogen and oxygen atoms in total. The summed E-state index contributed by atoms with van der Waals surface area (Å²) in [6.45, 7) is 0.122. The number of methoxy groups -OCH3 is 2. The first-order valence-electron chi connectivity index (χ1n) is 4.31. The van der Waals surface area contributed by atoms with Crippen LogP contribution in [0.2, 0.25) is 0 Å². The van der Waals surface area contributed by atoms with Gasteiger partial charge in [0.05, 0.1) is 14.2 Å². The molecule has 0 saturated heterocycles. The molecule has 0 spiro atoms. The predicted octanol–water partition coefficient (Wildman–Crippen LogP) is 1.24. The number of carbonyl (C=O) groups excluding carboxylic acids is 1. The molecule has 1 aliphatic heterocycles. The van der Waals surface area contributed by atoms with E-state index in [1.54, 1.807) is 6.07 Å². The van der Waals surface area contributed by atoms with Crippen LogP contribution in [0.4, 0.5) is 0 Å². The molecule has 1 aromatic carbocycles. The quantitative estimate of drug-likeness (QED) is 0.702. The summed E-state index contributed by atoms with van der Waals surface area (Å²) in [4.78, 5) is 10.9. The number of carbonyl (C=O) groups is 1. The van der Waals surface area contributed by atoms with Crippen molar-refractivity contribution in [2.24, 2.45) is 0 Å². The molecule has 0 atom stereocenters. The molecule has 0 unspecified atom stereocenters. The van der Waals surface area contributed by atoms with E-state index in [4.69, 9.17) is 18.9 Å². The Labute approximate surface area is 86.5 Å². The van der Waals surface area contributed by atoms with E-state index in [0.29, 0.717) is 34.8 Å². The van der Waals surface area contributed by atoms with E-state index < -0.39 is 0 Å². The van der Waals surface area contributed by atoms with Gasteiger partial charge in [0.2, 0.25) is 12.5 Å². The van der Waals surface area contributed by atoms with Gasteiger partial charge >= 0.3 is 0 Å². The molecular weight excluding hydrogens is 200 g/mol. The summed E-state index contributed by atoms with van der Waals surface area (Å²) in [6, 6.07) is 1.61. The first-order chi connectivity index (χ1) is 7.31. The highest BCUT2D eigenvalue weighted by Gasteiger charge is 2.25. The smallest absolute Gasteiger partial charge is 0.231 e. The second-order valence-electron chi connectivity index (χ2n) is 2.88. The maximum Gasteiger partial charge on any atom is 0.231 e. The molecule has 1 aliphatic rings. The van der Waals surface area contributed by atoms with Gasteiger partial charge in [0, 0.05) is 6.07 Å². The SMILES string of the molecule is COc1cc2c(c(OC)c1C=O)OCO2. The third kappa shape index (κ3) is 1.36. The average molecular weight is 210 g/mol. The van der Waals surface area contributed by atoms with Crippen molar-refractivity contribution in [3.63, 3.8) is 0 Å². The molecule has 2 rings (SSSR count). The van der Waals surface area contributed by atoms with Gasteiger partial charge in [0.1, 0.15) is 11.3 Å². The van der Waals surface area contributed by atoms with Crippen molar-refractivity contribution in [1.82, 2.24) is 0 Å².